The molecule has 1 fully saturated rings. The normalized spacial score (nSPS) is 16.8. The number of amidine groups is 1. The number of methoxy groups -OCH3 is 1. The molecule has 1 saturated heterocycles. The predicted molar refractivity (Wildman–Crippen MR) is 118 cm³/mol. The van der Waals surface area contributed by atoms with Gasteiger partial charge in [-0.2, -0.15) is 0 Å². The Bertz CT molecular complexity index is 1100. The summed E-state index contributed by atoms with van der Waals surface area (Å²) < 4.78 is 11.1. The summed E-state index contributed by atoms with van der Waals surface area (Å²) in [6, 6.07) is 18.5. The fourth-order valence-electron chi connectivity index (χ4n) is 2.75. The van der Waals surface area contributed by atoms with Crippen molar-refractivity contribution in [2.75, 3.05) is 14.2 Å². The van der Waals surface area contributed by atoms with Gasteiger partial charge in [-0.1, -0.05) is 11.6 Å². The Balaban J connectivity index is 1.56. The van der Waals surface area contributed by atoms with Crippen molar-refractivity contribution < 1.29 is 13.9 Å². The lowest BCUT2D eigenvalue weighted by molar-refractivity contribution is -0.121. The molecule has 146 valence electrons. The zero-order valence-electron chi connectivity index (χ0n) is 15.8. The molecule has 0 spiro atoms. The van der Waals surface area contributed by atoms with Crippen molar-refractivity contribution in [1.29, 1.82) is 0 Å². The molecule has 0 bridgehead atoms. The molecule has 0 N–H and O–H groups in total. The minimum Gasteiger partial charge on any atom is -0.497 e. The van der Waals surface area contributed by atoms with E-state index in [0.29, 0.717) is 20.9 Å². The van der Waals surface area contributed by atoms with Gasteiger partial charge < -0.3 is 9.15 Å². The molecule has 0 atom stereocenters. The van der Waals surface area contributed by atoms with Crippen LogP contribution in [0.3, 0.4) is 0 Å². The zero-order chi connectivity index (χ0) is 20.4. The molecule has 2 heterocycles. The van der Waals surface area contributed by atoms with Crippen molar-refractivity contribution in [1.82, 2.24) is 4.90 Å². The van der Waals surface area contributed by atoms with Crippen molar-refractivity contribution in [3.63, 3.8) is 0 Å². The van der Waals surface area contributed by atoms with E-state index in [1.165, 1.54) is 16.7 Å². The number of rotatable bonds is 4. The highest BCUT2D eigenvalue weighted by Gasteiger charge is 2.30. The molecule has 29 heavy (non-hydrogen) atoms. The molecule has 7 heteroatoms. The first-order valence-corrected chi connectivity index (χ1v) is 9.99. The predicted octanol–water partition coefficient (Wildman–Crippen LogP) is 5.84. The molecule has 0 unspecified atom stereocenters. The van der Waals surface area contributed by atoms with Gasteiger partial charge in [-0.3, -0.25) is 9.69 Å². The van der Waals surface area contributed by atoms with Gasteiger partial charge in [0.05, 0.1) is 17.7 Å². The summed E-state index contributed by atoms with van der Waals surface area (Å²) in [4.78, 5) is 19.2. The molecule has 0 radical (unpaired) electrons. The van der Waals surface area contributed by atoms with Crippen LogP contribution in [-0.2, 0) is 4.79 Å². The Hall–Kier alpha value is -2.96. The van der Waals surface area contributed by atoms with Gasteiger partial charge in [0, 0.05) is 23.7 Å². The molecular formula is C22H17ClN2O3S. The van der Waals surface area contributed by atoms with Gasteiger partial charge in [-0.15, -0.1) is 0 Å². The summed E-state index contributed by atoms with van der Waals surface area (Å²) in [5, 5.41) is 1.24. The Labute approximate surface area is 177 Å². The van der Waals surface area contributed by atoms with Crippen LogP contribution in [0.5, 0.6) is 5.75 Å². The fraction of sp³-hybridized carbons (Fsp3) is 0.0909. The first-order chi connectivity index (χ1) is 14.0. The number of hydrogen-bond donors (Lipinski definition) is 0. The van der Waals surface area contributed by atoms with Gasteiger partial charge in [-0.25, -0.2) is 4.99 Å². The third-order valence-corrected chi connectivity index (χ3v) is 5.64. The minimum atomic E-state index is -0.120. The van der Waals surface area contributed by atoms with Crippen LogP contribution in [0.1, 0.15) is 5.76 Å². The molecular weight excluding hydrogens is 408 g/mol. The second kappa shape index (κ2) is 8.19. The average molecular weight is 425 g/mol. The van der Waals surface area contributed by atoms with Gasteiger partial charge in [0.15, 0.2) is 5.17 Å². The van der Waals surface area contributed by atoms with Crippen LogP contribution < -0.4 is 4.74 Å². The Morgan fingerprint density at radius 3 is 2.48 bits per heavy atom. The first-order valence-electron chi connectivity index (χ1n) is 8.79. The second-order valence-corrected chi connectivity index (χ2v) is 7.72. The molecule has 0 aliphatic carbocycles. The third-order valence-electron chi connectivity index (χ3n) is 4.33. The minimum absolute atomic E-state index is 0.120. The number of aliphatic imine (C=N–C) groups is 1. The highest BCUT2D eigenvalue weighted by atomic mass is 35.5. The number of carbonyl (C=O) groups excluding carboxylic acids is 1. The molecule has 4 rings (SSSR count). The average Bonchev–Trinajstić information content (AvgIpc) is 3.31. The molecule has 1 aromatic heterocycles. The van der Waals surface area contributed by atoms with Gasteiger partial charge in [0.25, 0.3) is 5.91 Å². The van der Waals surface area contributed by atoms with Crippen molar-refractivity contribution in [3.05, 3.63) is 76.4 Å². The molecule has 2 aromatic carbocycles. The van der Waals surface area contributed by atoms with Crippen LogP contribution >= 0.6 is 23.4 Å². The molecule has 0 saturated carbocycles. The molecule has 3 aromatic rings. The van der Waals surface area contributed by atoms with Gasteiger partial charge in [-0.05, 0) is 72.4 Å². The number of hydrogen-bond acceptors (Lipinski definition) is 5. The summed E-state index contributed by atoms with van der Waals surface area (Å²) >= 11 is 7.22. The Kier molecular flexibility index (Phi) is 5.47. The Morgan fingerprint density at radius 2 is 1.79 bits per heavy atom. The van der Waals surface area contributed by atoms with Crippen LogP contribution in [-0.4, -0.2) is 30.1 Å². The van der Waals surface area contributed by atoms with Crippen LogP contribution in [0.15, 0.2) is 75.0 Å². The third kappa shape index (κ3) is 4.23. The summed E-state index contributed by atoms with van der Waals surface area (Å²) in [6.45, 7) is 0. The molecule has 1 aliphatic rings. The van der Waals surface area contributed by atoms with Gasteiger partial charge in [0.1, 0.15) is 17.3 Å². The number of benzene rings is 2. The monoisotopic (exact) mass is 424 g/mol. The SMILES string of the molecule is COc1ccc(-c2ccc(C=C3SC(=Nc4ccc(Cl)cc4)N(C)C3=O)o2)cc1. The topological polar surface area (TPSA) is 55.0 Å². The highest BCUT2D eigenvalue weighted by Crippen LogP contribution is 2.34. The summed E-state index contributed by atoms with van der Waals surface area (Å²) in [5.41, 5.74) is 1.67. The van der Waals surface area contributed by atoms with E-state index in [1.54, 1.807) is 32.4 Å². The lowest BCUT2D eigenvalue weighted by Crippen LogP contribution is -2.23. The maximum Gasteiger partial charge on any atom is 0.266 e. The Morgan fingerprint density at radius 1 is 1.07 bits per heavy atom. The van der Waals surface area contributed by atoms with Gasteiger partial charge in [0.2, 0.25) is 0 Å². The molecule has 5 nitrogen and oxygen atoms in total. The number of ether oxygens (including phenoxy) is 1. The maximum atomic E-state index is 12.6. The van der Waals surface area contributed by atoms with Crippen LogP contribution in [0.2, 0.25) is 5.02 Å². The number of carbonyl (C=O) groups is 1. The largest absolute Gasteiger partial charge is 0.497 e. The van der Waals surface area contributed by atoms with Crippen LogP contribution in [0.4, 0.5) is 5.69 Å². The number of nitrogens with zero attached hydrogens (tertiary/aromatic N) is 2. The van der Waals surface area contributed by atoms with E-state index in [4.69, 9.17) is 20.8 Å². The molecule has 1 aliphatic heterocycles. The van der Waals surface area contributed by atoms with E-state index >= 15 is 0 Å². The van der Waals surface area contributed by atoms with Crippen molar-refractivity contribution >= 4 is 46.2 Å². The fourth-order valence-corrected chi connectivity index (χ4v) is 3.84. The number of halogens is 1. The van der Waals surface area contributed by atoms with Crippen LogP contribution in [0.25, 0.3) is 17.4 Å². The number of likely N-dealkylation sites (N-methyl/N-ethyl adjacent to an activating group) is 1. The van der Waals surface area contributed by atoms with E-state index in [-0.39, 0.29) is 5.91 Å². The van der Waals surface area contributed by atoms with E-state index in [1.807, 2.05) is 48.5 Å². The van der Waals surface area contributed by atoms with Crippen molar-refractivity contribution in [2.24, 2.45) is 4.99 Å². The lowest BCUT2D eigenvalue weighted by Gasteiger charge is -2.06. The van der Waals surface area contributed by atoms with E-state index in [0.717, 1.165) is 22.8 Å². The summed E-state index contributed by atoms with van der Waals surface area (Å²) in [6.07, 6.45) is 1.74. The quantitative estimate of drug-likeness (QED) is 0.493. The highest BCUT2D eigenvalue weighted by molar-refractivity contribution is 8.18. The number of furan rings is 1. The van der Waals surface area contributed by atoms with E-state index in [2.05, 4.69) is 4.99 Å². The van der Waals surface area contributed by atoms with Crippen molar-refractivity contribution in [3.8, 4) is 17.1 Å². The van der Waals surface area contributed by atoms with Gasteiger partial charge >= 0.3 is 0 Å². The smallest absolute Gasteiger partial charge is 0.266 e. The summed E-state index contributed by atoms with van der Waals surface area (Å²) in [7, 11) is 3.33. The van der Waals surface area contributed by atoms with Crippen molar-refractivity contribution in [2.45, 2.75) is 0 Å². The first kappa shape index (κ1) is 19.4. The maximum absolute atomic E-state index is 12.6. The number of amides is 1. The van der Waals surface area contributed by atoms with E-state index in [9.17, 15) is 4.79 Å². The number of thioether (sulfide) groups is 1. The zero-order valence-corrected chi connectivity index (χ0v) is 17.3. The van der Waals surface area contributed by atoms with Crippen LogP contribution in [0, 0.1) is 0 Å². The lowest BCUT2D eigenvalue weighted by atomic mass is 10.2. The standard InChI is InChI=1S/C22H17ClN2O3S/c1-25-21(26)20(29-22(25)24-16-7-5-15(23)6-8-16)13-18-11-12-19(28-18)14-3-9-17(27-2)10-4-14/h3-13H,1-2H3. The second-order valence-electron chi connectivity index (χ2n) is 6.28. The molecule has 1 amide bonds. The van der Waals surface area contributed by atoms with E-state index < -0.39 is 0 Å². The summed E-state index contributed by atoms with van der Waals surface area (Å²) in [5.74, 6) is 1.99.